The molecule has 1 unspecified atom stereocenters. The average molecular weight is 398 g/mol. The van der Waals surface area contributed by atoms with Gasteiger partial charge in [-0.2, -0.15) is 29.0 Å². The van der Waals surface area contributed by atoms with Crippen LogP contribution in [0.15, 0.2) is 52.8 Å². The first-order chi connectivity index (χ1) is 13.5. The van der Waals surface area contributed by atoms with Crippen molar-refractivity contribution in [3.05, 3.63) is 58.4 Å². The minimum Gasteiger partial charge on any atom is -0.479 e. The van der Waals surface area contributed by atoms with E-state index < -0.39 is 29.5 Å². The van der Waals surface area contributed by atoms with Gasteiger partial charge in [0.1, 0.15) is 29.4 Å². The van der Waals surface area contributed by atoms with E-state index in [1.807, 2.05) is 31.1 Å². The maximum atomic E-state index is 13.2. The van der Waals surface area contributed by atoms with E-state index in [0.717, 1.165) is 5.69 Å². The number of alkyl halides is 3. The normalized spacial score (nSPS) is 18.8. The Kier molecular flexibility index (Phi) is 6.05. The van der Waals surface area contributed by atoms with Crippen LogP contribution in [0.4, 0.5) is 18.9 Å². The Bertz CT molecular complexity index is 996. The highest BCUT2D eigenvalue weighted by Crippen LogP contribution is 2.46. The van der Waals surface area contributed by atoms with E-state index in [9.17, 15) is 18.4 Å². The van der Waals surface area contributed by atoms with Crippen molar-refractivity contribution in [2.75, 3.05) is 19.0 Å². The van der Waals surface area contributed by atoms with Crippen LogP contribution in [-0.4, -0.2) is 25.9 Å². The van der Waals surface area contributed by atoms with Crippen molar-refractivity contribution < 1.29 is 17.9 Å². The molecule has 0 radical (unpaired) electrons. The monoisotopic (exact) mass is 398 g/mol. The zero-order valence-electron chi connectivity index (χ0n) is 16.0. The number of hydrogen-bond donors (Lipinski definition) is 0. The fourth-order valence-electron chi connectivity index (χ4n) is 2.97. The van der Waals surface area contributed by atoms with Crippen molar-refractivity contribution in [3.63, 3.8) is 0 Å². The van der Waals surface area contributed by atoms with Crippen molar-refractivity contribution in [3.8, 4) is 18.2 Å². The molecule has 5 nitrogen and oxygen atoms in total. The molecule has 0 saturated carbocycles. The molecule has 0 aliphatic carbocycles. The Morgan fingerprint density at radius 2 is 1.69 bits per heavy atom. The highest BCUT2D eigenvalue weighted by atomic mass is 19.4. The van der Waals surface area contributed by atoms with Crippen molar-refractivity contribution >= 4 is 11.8 Å². The molecule has 0 amide bonds. The molecule has 0 N–H and O–H groups in total. The van der Waals surface area contributed by atoms with Crippen LogP contribution in [-0.2, 0) is 4.74 Å². The molecule has 0 bridgehead atoms. The lowest BCUT2D eigenvalue weighted by Crippen LogP contribution is -2.33. The van der Waals surface area contributed by atoms with Crippen LogP contribution >= 0.6 is 0 Å². The molecule has 0 fully saturated rings. The smallest absolute Gasteiger partial charge is 0.393 e. The second-order valence-electron chi connectivity index (χ2n) is 6.77. The molecule has 1 aliphatic heterocycles. The summed E-state index contributed by atoms with van der Waals surface area (Å²) in [4.78, 5) is 1.90. The lowest BCUT2D eigenvalue weighted by atomic mass is 9.89. The van der Waals surface area contributed by atoms with Crippen LogP contribution in [0.2, 0.25) is 0 Å². The predicted molar refractivity (Wildman–Crippen MR) is 101 cm³/mol. The zero-order chi connectivity index (χ0) is 21.8. The topological polar surface area (TPSA) is 83.8 Å². The van der Waals surface area contributed by atoms with Crippen LogP contribution in [0.3, 0.4) is 0 Å². The minimum absolute atomic E-state index is 0.0352. The summed E-state index contributed by atoms with van der Waals surface area (Å²) in [5.41, 5.74) is -1.12. The van der Waals surface area contributed by atoms with E-state index in [0.29, 0.717) is 5.56 Å². The third kappa shape index (κ3) is 4.78. The van der Waals surface area contributed by atoms with E-state index >= 15 is 0 Å². The Morgan fingerprint density at radius 3 is 2.14 bits per heavy atom. The summed E-state index contributed by atoms with van der Waals surface area (Å²) in [5.74, 6) is -0.424. The van der Waals surface area contributed by atoms with Crippen LogP contribution in [0, 0.1) is 34.0 Å². The number of benzene rings is 1. The second-order valence-corrected chi connectivity index (χ2v) is 6.77. The summed E-state index contributed by atoms with van der Waals surface area (Å²) in [5, 5.41) is 27.7. The molecule has 1 heterocycles. The molecule has 148 valence electrons. The number of nitrogens with zero attached hydrogens (tertiary/aromatic N) is 4. The fraction of sp³-hybridized carbons (Fsp3) is 0.286. The molecule has 1 aromatic rings. The highest BCUT2D eigenvalue weighted by Gasteiger charge is 2.49. The molecule has 1 atom stereocenters. The van der Waals surface area contributed by atoms with Gasteiger partial charge in [-0.3, -0.25) is 0 Å². The number of ether oxygens (including phenoxy) is 1. The molecule has 1 aromatic carbocycles. The first kappa shape index (κ1) is 21.6. The molecule has 29 heavy (non-hydrogen) atoms. The zero-order valence-corrected chi connectivity index (χ0v) is 16.0. The summed E-state index contributed by atoms with van der Waals surface area (Å²) >= 11 is 0. The standard InChI is InChI=1S/C21H17F3N4O/c1-20(13-21(22,23)24)18(17(12-27)19(29-20)15(10-25)11-26)9-6-14-4-7-16(8-5-14)28(2)3/h4-9H,13H2,1-3H3/b9-6+. The Labute approximate surface area is 166 Å². The largest absolute Gasteiger partial charge is 0.479 e. The third-order valence-corrected chi connectivity index (χ3v) is 4.35. The van der Waals surface area contributed by atoms with Crippen molar-refractivity contribution in [2.24, 2.45) is 0 Å². The fourth-order valence-corrected chi connectivity index (χ4v) is 2.97. The van der Waals surface area contributed by atoms with Gasteiger partial charge >= 0.3 is 6.18 Å². The first-order valence-corrected chi connectivity index (χ1v) is 8.45. The van der Waals surface area contributed by atoms with Gasteiger partial charge in [0.2, 0.25) is 0 Å². The van der Waals surface area contributed by atoms with Gasteiger partial charge in [0.15, 0.2) is 11.3 Å². The van der Waals surface area contributed by atoms with Crippen molar-refractivity contribution in [2.45, 2.75) is 25.1 Å². The third-order valence-electron chi connectivity index (χ3n) is 4.35. The molecule has 0 saturated heterocycles. The highest BCUT2D eigenvalue weighted by molar-refractivity contribution is 5.65. The number of allylic oxidation sites excluding steroid dienone is 2. The summed E-state index contributed by atoms with van der Waals surface area (Å²) in [6.45, 7) is 1.19. The second kappa shape index (κ2) is 8.12. The predicted octanol–water partition coefficient (Wildman–Crippen LogP) is 4.63. The van der Waals surface area contributed by atoms with Crippen LogP contribution in [0.5, 0.6) is 0 Å². The quantitative estimate of drug-likeness (QED) is 0.691. The van der Waals surface area contributed by atoms with Crippen molar-refractivity contribution in [1.82, 2.24) is 0 Å². The molecule has 0 aromatic heterocycles. The van der Waals surface area contributed by atoms with Gasteiger partial charge in [-0.1, -0.05) is 24.3 Å². The Morgan fingerprint density at radius 1 is 1.10 bits per heavy atom. The van der Waals surface area contributed by atoms with Crippen LogP contribution < -0.4 is 4.90 Å². The summed E-state index contributed by atoms with van der Waals surface area (Å²) in [6.07, 6.45) is -3.03. The van der Waals surface area contributed by atoms with Gasteiger partial charge in [0.25, 0.3) is 0 Å². The lowest BCUT2D eigenvalue weighted by Gasteiger charge is -2.27. The van der Waals surface area contributed by atoms with E-state index in [1.165, 1.54) is 13.0 Å². The van der Waals surface area contributed by atoms with Gasteiger partial charge in [0, 0.05) is 25.4 Å². The van der Waals surface area contributed by atoms with Crippen molar-refractivity contribution in [1.29, 1.82) is 15.8 Å². The molecule has 8 heteroatoms. The summed E-state index contributed by atoms with van der Waals surface area (Å²) in [6, 6.07) is 12.2. The number of rotatable bonds is 4. The number of hydrogen-bond acceptors (Lipinski definition) is 5. The number of anilines is 1. The molecular formula is C21H17F3N4O. The number of nitriles is 3. The van der Waals surface area contributed by atoms with E-state index in [2.05, 4.69) is 0 Å². The average Bonchev–Trinajstić information content (AvgIpc) is 2.90. The van der Waals surface area contributed by atoms with Crippen LogP contribution in [0.1, 0.15) is 18.9 Å². The molecule has 0 spiro atoms. The lowest BCUT2D eigenvalue weighted by molar-refractivity contribution is -0.165. The van der Waals surface area contributed by atoms with E-state index in [1.54, 1.807) is 36.4 Å². The van der Waals surface area contributed by atoms with Gasteiger partial charge in [0.05, 0.1) is 6.42 Å². The summed E-state index contributed by atoms with van der Waals surface area (Å²) < 4.78 is 44.9. The first-order valence-electron chi connectivity index (χ1n) is 8.45. The van der Waals surface area contributed by atoms with Gasteiger partial charge in [-0.25, -0.2) is 0 Å². The van der Waals surface area contributed by atoms with Gasteiger partial charge in [-0.15, -0.1) is 0 Å². The SMILES string of the molecule is CN(C)c1ccc(/C=C/C2=C(C#N)C(=C(C#N)C#N)OC2(C)CC(F)(F)F)cc1. The minimum atomic E-state index is -4.59. The van der Waals surface area contributed by atoms with Gasteiger partial charge in [-0.05, 0) is 24.6 Å². The Hall–Kier alpha value is -3.70. The maximum absolute atomic E-state index is 13.2. The molecule has 1 aliphatic rings. The summed E-state index contributed by atoms with van der Waals surface area (Å²) in [7, 11) is 3.76. The van der Waals surface area contributed by atoms with Crippen LogP contribution in [0.25, 0.3) is 6.08 Å². The van der Waals surface area contributed by atoms with E-state index in [-0.39, 0.29) is 11.1 Å². The van der Waals surface area contributed by atoms with Gasteiger partial charge < -0.3 is 9.64 Å². The maximum Gasteiger partial charge on any atom is 0.393 e. The Balaban J connectivity index is 2.58. The molecule has 2 rings (SSSR count). The molecular weight excluding hydrogens is 381 g/mol. The number of halogens is 3. The van der Waals surface area contributed by atoms with E-state index in [4.69, 9.17) is 15.3 Å².